The SMILES string of the molecule is CCCCCCCCCCCCCCCCCC(C)(N)CCCCCCCCCCCCCCCC. The minimum Gasteiger partial charge on any atom is -0.325 e. The molecule has 0 aliphatic heterocycles. The van der Waals surface area contributed by atoms with Gasteiger partial charge in [-0.3, -0.25) is 0 Å². The lowest BCUT2D eigenvalue weighted by Gasteiger charge is -2.24. The molecule has 0 bridgehead atoms. The zero-order valence-corrected chi connectivity index (χ0v) is 26.0. The van der Waals surface area contributed by atoms with Crippen molar-refractivity contribution in [2.45, 2.75) is 225 Å². The molecule has 0 aromatic heterocycles. The summed E-state index contributed by atoms with van der Waals surface area (Å²) in [5, 5.41) is 0. The molecule has 0 fully saturated rings. The van der Waals surface area contributed by atoms with Crippen molar-refractivity contribution >= 4 is 0 Å². The lowest BCUT2D eigenvalue weighted by molar-refractivity contribution is 0.363. The molecule has 0 saturated heterocycles. The van der Waals surface area contributed by atoms with Crippen LogP contribution in [0.5, 0.6) is 0 Å². The monoisotopic (exact) mass is 508 g/mol. The van der Waals surface area contributed by atoms with E-state index in [0.717, 1.165) is 0 Å². The second-order valence-corrected chi connectivity index (χ2v) is 12.7. The molecule has 1 unspecified atom stereocenters. The fourth-order valence-corrected chi connectivity index (χ4v) is 5.75. The predicted octanol–water partition coefficient (Wildman–Crippen LogP) is 12.8. The third kappa shape index (κ3) is 30.2. The summed E-state index contributed by atoms with van der Waals surface area (Å²) in [4.78, 5) is 0. The van der Waals surface area contributed by atoms with Gasteiger partial charge in [0.1, 0.15) is 0 Å². The van der Waals surface area contributed by atoms with Crippen molar-refractivity contribution in [3.63, 3.8) is 0 Å². The highest BCUT2D eigenvalue weighted by atomic mass is 14.7. The number of rotatable bonds is 31. The summed E-state index contributed by atoms with van der Waals surface area (Å²) in [5.41, 5.74) is 6.70. The van der Waals surface area contributed by atoms with E-state index in [1.165, 1.54) is 199 Å². The Labute approximate surface area is 230 Å². The number of hydrogen-bond acceptors (Lipinski definition) is 1. The second-order valence-electron chi connectivity index (χ2n) is 12.7. The fourth-order valence-electron chi connectivity index (χ4n) is 5.75. The summed E-state index contributed by atoms with van der Waals surface area (Å²) in [6.07, 6.45) is 44.1. The molecule has 0 saturated carbocycles. The number of hydrogen-bond donors (Lipinski definition) is 1. The lowest BCUT2D eigenvalue weighted by Crippen LogP contribution is -2.35. The van der Waals surface area contributed by atoms with Crippen molar-refractivity contribution in [1.29, 1.82) is 0 Å². The normalized spacial score (nSPS) is 13.3. The van der Waals surface area contributed by atoms with Crippen LogP contribution in [0.1, 0.15) is 220 Å². The first-order valence-electron chi connectivity index (χ1n) is 17.4. The van der Waals surface area contributed by atoms with Crippen LogP contribution < -0.4 is 5.73 Å². The Kier molecular flexibility index (Phi) is 29.5. The average molecular weight is 508 g/mol. The van der Waals surface area contributed by atoms with E-state index in [2.05, 4.69) is 20.8 Å². The molecule has 0 aromatic carbocycles. The minimum absolute atomic E-state index is 0.0771. The van der Waals surface area contributed by atoms with E-state index in [0.29, 0.717) is 0 Å². The van der Waals surface area contributed by atoms with Crippen LogP contribution in [0.3, 0.4) is 0 Å². The van der Waals surface area contributed by atoms with Gasteiger partial charge in [0, 0.05) is 5.54 Å². The molecule has 0 aromatic rings. The van der Waals surface area contributed by atoms with Crippen molar-refractivity contribution < 1.29 is 0 Å². The quantitative estimate of drug-likeness (QED) is 0.0927. The van der Waals surface area contributed by atoms with E-state index in [4.69, 9.17) is 5.73 Å². The van der Waals surface area contributed by atoms with E-state index >= 15 is 0 Å². The maximum Gasteiger partial charge on any atom is 0.0125 e. The molecule has 0 aliphatic rings. The molecular weight excluding hydrogens is 434 g/mol. The molecule has 0 radical (unpaired) electrons. The molecule has 1 atom stereocenters. The molecule has 0 aliphatic carbocycles. The Morgan fingerprint density at radius 1 is 0.306 bits per heavy atom. The van der Waals surface area contributed by atoms with Crippen molar-refractivity contribution in [2.75, 3.05) is 0 Å². The molecule has 1 nitrogen and oxygen atoms in total. The van der Waals surface area contributed by atoms with Gasteiger partial charge in [0.05, 0.1) is 0 Å². The van der Waals surface area contributed by atoms with Crippen LogP contribution in [-0.4, -0.2) is 5.54 Å². The Balaban J connectivity index is 3.27. The second kappa shape index (κ2) is 29.5. The molecular formula is C35H73N. The molecule has 36 heavy (non-hydrogen) atoms. The van der Waals surface area contributed by atoms with E-state index in [9.17, 15) is 0 Å². The van der Waals surface area contributed by atoms with Gasteiger partial charge in [0.2, 0.25) is 0 Å². The van der Waals surface area contributed by atoms with Crippen LogP contribution in [0, 0.1) is 0 Å². The van der Waals surface area contributed by atoms with Gasteiger partial charge >= 0.3 is 0 Å². The van der Waals surface area contributed by atoms with Gasteiger partial charge < -0.3 is 5.73 Å². The third-order valence-corrected chi connectivity index (χ3v) is 8.45. The van der Waals surface area contributed by atoms with E-state index < -0.39 is 0 Å². The average Bonchev–Trinajstić information content (AvgIpc) is 2.86. The van der Waals surface area contributed by atoms with Crippen LogP contribution in [0.15, 0.2) is 0 Å². The van der Waals surface area contributed by atoms with E-state index in [1.54, 1.807) is 0 Å². The Morgan fingerprint density at radius 3 is 0.667 bits per heavy atom. The molecule has 0 heterocycles. The van der Waals surface area contributed by atoms with Gasteiger partial charge in [-0.2, -0.15) is 0 Å². The largest absolute Gasteiger partial charge is 0.325 e. The number of nitrogens with two attached hydrogens (primary N) is 1. The van der Waals surface area contributed by atoms with Crippen LogP contribution in [0.25, 0.3) is 0 Å². The Bertz CT molecular complexity index is 388. The van der Waals surface area contributed by atoms with Crippen LogP contribution >= 0.6 is 0 Å². The standard InChI is InChI=1S/C35H73N/c1-4-6-8-10-12-14-16-18-20-22-24-26-28-30-32-34-35(3,36)33-31-29-27-25-23-21-19-17-15-13-11-9-7-5-2/h4-34,36H2,1-3H3. The highest BCUT2D eigenvalue weighted by Gasteiger charge is 2.16. The van der Waals surface area contributed by atoms with Gasteiger partial charge in [-0.1, -0.05) is 200 Å². The first kappa shape index (κ1) is 36.0. The zero-order chi connectivity index (χ0) is 26.4. The smallest absolute Gasteiger partial charge is 0.0125 e. The van der Waals surface area contributed by atoms with Crippen LogP contribution in [0.2, 0.25) is 0 Å². The summed E-state index contributed by atoms with van der Waals surface area (Å²) in [5.74, 6) is 0. The summed E-state index contributed by atoms with van der Waals surface area (Å²) >= 11 is 0. The van der Waals surface area contributed by atoms with Crippen molar-refractivity contribution in [2.24, 2.45) is 5.73 Å². The van der Waals surface area contributed by atoms with Gasteiger partial charge in [-0.05, 0) is 19.8 Å². The summed E-state index contributed by atoms with van der Waals surface area (Å²) < 4.78 is 0. The van der Waals surface area contributed by atoms with E-state index in [1.807, 2.05) is 0 Å². The van der Waals surface area contributed by atoms with Crippen molar-refractivity contribution in [3.05, 3.63) is 0 Å². The zero-order valence-electron chi connectivity index (χ0n) is 26.0. The lowest BCUT2D eigenvalue weighted by atomic mass is 9.89. The molecule has 1 heteroatoms. The van der Waals surface area contributed by atoms with Crippen molar-refractivity contribution in [3.8, 4) is 0 Å². The summed E-state index contributed by atoms with van der Waals surface area (Å²) in [6.45, 7) is 6.91. The first-order valence-corrected chi connectivity index (χ1v) is 17.4. The summed E-state index contributed by atoms with van der Waals surface area (Å²) in [6, 6.07) is 0. The van der Waals surface area contributed by atoms with Crippen molar-refractivity contribution in [1.82, 2.24) is 0 Å². The van der Waals surface area contributed by atoms with Gasteiger partial charge in [-0.15, -0.1) is 0 Å². The van der Waals surface area contributed by atoms with E-state index in [-0.39, 0.29) is 5.54 Å². The first-order chi connectivity index (χ1) is 17.6. The number of unbranched alkanes of at least 4 members (excludes halogenated alkanes) is 27. The topological polar surface area (TPSA) is 26.0 Å². The molecule has 0 spiro atoms. The molecule has 0 rings (SSSR count). The minimum atomic E-state index is 0.0771. The van der Waals surface area contributed by atoms with Gasteiger partial charge in [0.15, 0.2) is 0 Å². The molecule has 2 N–H and O–H groups in total. The summed E-state index contributed by atoms with van der Waals surface area (Å²) in [7, 11) is 0. The highest BCUT2D eigenvalue weighted by Crippen LogP contribution is 2.21. The Hall–Kier alpha value is -0.0400. The fraction of sp³-hybridized carbons (Fsp3) is 1.00. The third-order valence-electron chi connectivity index (χ3n) is 8.45. The maximum atomic E-state index is 6.62. The maximum absolute atomic E-state index is 6.62. The van der Waals surface area contributed by atoms with Gasteiger partial charge in [-0.25, -0.2) is 0 Å². The highest BCUT2D eigenvalue weighted by molar-refractivity contribution is 4.78. The predicted molar refractivity (Wildman–Crippen MR) is 167 cm³/mol. The molecule has 0 amide bonds. The Morgan fingerprint density at radius 2 is 0.472 bits per heavy atom. The molecule has 218 valence electrons. The van der Waals surface area contributed by atoms with Gasteiger partial charge in [0.25, 0.3) is 0 Å². The van der Waals surface area contributed by atoms with Crippen LogP contribution in [0.4, 0.5) is 0 Å². The van der Waals surface area contributed by atoms with Crippen LogP contribution in [-0.2, 0) is 0 Å².